The first-order valence-electron chi connectivity index (χ1n) is 30.8. The number of amides is 9. The Hall–Kier alpha value is -9.99. The van der Waals surface area contributed by atoms with Crippen LogP contribution in [-0.4, -0.2) is 152 Å². The highest BCUT2D eigenvalue weighted by molar-refractivity contribution is 6.13. The minimum absolute atomic E-state index is 0.00104. The Labute approximate surface area is 532 Å². The number of pyridine rings is 2. The quantitative estimate of drug-likeness (QED) is 0.0222. The van der Waals surface area contributed by atoms with Gasteiger partial charge in [0.2, 0.25) is 41.4 Å². The number of esters is 1. The maximum Gasteiger partial charge on any atom is 0.343 e. The average molecular weight is 1290 g/mol. The van der Waals surface area contributed by atoms with Gasteiger partial charge in [0, 0.05) is 131 Å². The Kier molecular flexibility index (Phi) is 22.9. The summed E-state index contributed by atoms with van der Waals surface area (Å²) in [5, 5.41) is 25.0. The standard InChI is InChI=1S/C65H73FN10O17/c1-3-65(92)45-29-50-61-43(33-76(50)62(89)44(45)35-93-64(65)91)60-47(19-18-42-36(2)46(66)30-48(73-61)59(42)60)71-54(84)10-7-26-74(34-51(67)81)63(90)49(28-37-8-5-4-6-9-37)72-56(86)32-70-55(85)31-69-52(82)20-17-40(79)14-13-38(77)11-12-39(78)15-16-41(80)23-25-68-53(83)24-27-75-57(87)21-22-58(75)88/h4-6,8-9,21-22,29-30,47,49,92H,3,7,10-20,23-28,31-35H2,1-2H3,(H2,67,81)(H,68,83)(H,69,82)(H,70,85)(H,71,84)(H,72,86)/t47-,49-,65-/m0/s1. The molecule has 0 radical (unpaired) electrons. The lowest BCUT2D eigenvalue weighted by atomic mass is 9.81. The number of primary amides is 1. The zero-order valence-corrected chi connectivity index (χ0v) is 51.5. The summed E-state index contributed by atoms with van der Waals surface area (Å²) >= 11 is 0. The highest BCUT2D eigenvalue weighted by Crippen LogP contribution is 2.46. The third kappa shape index (κ3) is 17.1. The number of cyclic esters (lactones) is 1. The Morgan fingerprint density at radius 3 is 2.01 bits per heavy atom. The van der Waals surface area contributed by atoms with E-state index in [-0.39, 0.29) is 157 Å². The second-order valence-electron chi connectivity index (χ2n) is 23.3. The van der Waals surface area contributed by atoms with Crippen molar-refractivity contribution < 1.29 is 81.4 Å². The van der Waals surface area contributed by atoms with E-state index in [4.69, 9.17) is 15.5 Å². The number of rotatable bonds is 34. The smallest absolute Gasteiger partial charge is 0.343 e. The van der Waals surface area contributed by atoms with Crippen LogP contribution in [0.15, 0.2) is 59.4 Å². The van der Waals surface area contributed by atoms with Gasteiger partial charge in [0.1, 0.15) is 41.6 Å². The van der Waals surface area contributed by atoms with Gasteiger partial charge in [0.15, 0.2) is 5.60 Å². The van der Waals surface area contributed by atoms with Gasteiger partial charge in [-0.05, 0) is 60.9 Å². The van der Waals surface area contributed by atoms with Crippen molar-refractivity contribution in [2.45, 2.75) is 147 Å². The number of ketones is 4. The Balaban J connectivity index is 0.770. The lowest BCUT2D eigenvalue weighted by Gasteiger charge is -2.31. The predicted octanol–water partition coefficient (Wildman–Crippen LogP) is 0.903. The van der Waals surface area contributed by atoms with E-state index in [1.165, 1.54) is 10.6 Å². The number of carbonyl (C=O) groups is 14. The number of carbonyl (C=O) groups excluding carboxylic acids is 14. The van der Waals surface area contributed by atoms with E-state index in [9.17, 15) is 77.0 Å². The van der Waals surface area contributed by atoms with Crippen molar-refractivity contribution in [2.24, 2.45) is 5.73 Å². The molecule has 0 saturated carbocycles. The van der Waals surface area contributed by atoms with Crippen LogP contribution >= 0.6 is 0 Å². The molecule has 2 aromatic carbocycles. The van der Waals surface area contributed by atoms with Gasteiger partial charge in [-0.2, -0.15) is 0 Å². The summed E-state index contributed by atoms with van der Waals surface area (Å²) in [5.41, 5.74) is 7.12. The first kappa shape index (κ1) is 68.9. The van der Waals surface area contributed by atoms with Crippen LogP contribution in [0.1, 0.15) is 142 Å². The topological polar surface area (TPSA) is 396 Å². The summed E-state index contributed by atoms with van der Waals surface area (Å²) in [4.78, 5) is 198. The molecular formula is C65H73FN10O17. The van der Waals surface area contributed by atoms with E-state index in [2.05, 4.69) is 26.6 Å². The van der Waals surface area contributed by atoms with Gasteiger partial charge in [0.25, 0.3) is 17.4 Å². The molecule has 93 heavy (non-hydrogen) atoms. The number of ether oxygens (including phenoxy) is 1. The fourth-order valence-electron chi connectivity index (χ4n) is 11.8. The van der Waals surface area contributed by atoms with Gasteiger partial charge < -0.3 is 51.6 Å². The molecule has 27 nitrogen and oxygen atoms in total. The summed E-state index contributed by atoms with van der Waals surface area (Å²) in [5.74, 6) is -8.65. The number of hydrogen-bond acceptors (Lipinski definition) is 18. The van der Waals surface area contributed by atoms with Gasteiger partial charge in [-0.3, -0.25) is 72.0 Å². The molecule has 0 fully saturated rings. The van der Waals surface area contributed by atoms with Gasteiger partial charge in [-0.25, -0.2) is 14.2 Å². The van der Waals surface area contributed by atoms with Crippen LogP contribution in [0, 0.1) is 12.7 Å². The molecule has 0 saturated heterocycles. The summed E-state index contributed by atoms with van der Waals surface area (Å²) in [6, 6.07) is 9.48. The second kappa shape index (κ2) is 30.9. The molecule has 8 N–H and O–H groups in total. The van der Waals surface area contributed by atoms with Crippen molar-refractivity contribution in [1.29, 1.82) is 0 Å². The minimum Gasteiger partial charge on any atom is -0.458 e. The predicted molar refractivity (Wildman–Crippen MR) is 327 cm³/mol. The lowest BCUT2D eigenvalue weighted by Crippen LogP contribution is -2.53. The summed E-state index contributed by atoms with van der Waals surface area (Å²) in [6.07, 6.45) is 0.962. The number of nitrogens with two attached hydrogens (primary N) is 1. The number of nitrogens with one attached hydrogen (secondary N) is 5. The first-order valence-corrected chi connectivity index (χ1v) is 30.8. The fourth-order valence-corrected chi connectivity index (χ4v) is 11.8. The SMILES string of the molecule is CC[C@@]1(O)C(=O)OCc2c1cc1n(c2=O)Cc2c-1nc1cc(F)c(C)c3c1c2[C@@H](NC(=O)CCCN(CC(N)=O)C(=O)[C@H](Cc1ccccc1)NC(=O)CNC(=O)CNC(=O)CCC(=O)CCC(=O)CCC(=O)CCC(=O)CCNC(=O)CCN1C(=O)C=CC1=O)CC3. The van der Waals surface area contributed by atoms with Crippen molar-refractivity contribution in [3.05, 3.63) is 110 Å². The monoisotopic (exact) mass is 1280 g/mol. The first-order chi connectivity index (χ1) is 44.3. The molecule has 4 aliphatic rings. The Morgan fingerprint density at radius 2 is 1.37 bits per heavy atom. The van der Waals surface area contributed by atoms with Crippen LogP contribution in [0.3, 0.4) is 0 Å². The molecule has 0 spiro atoms. The average Bonchev–Trinajstić information content (AvgIpc) is 1.61. The zero-order valence-electron chi connectivity index (χ0n) is 51.5. The van der Waals surface area contributed by atoms with Gasteiger partial charge in [0.05, 0.1) is 54.7 Å². The number of aryl methyl sites for hydroxylation is 1. The van der Waals surface area contributed by atoms with Crippen LogP contribution in [0.5, 0.6) is 0 Å². The second-order valence-corrected chi connectivity index (χ2v) is 23.3. The molecule has 28 heteroatoms. The molecule has 4 aromatic rings. The van der Waals surface area contributed by atoms with Crippen LogP contribution < -0.4 is 37.9 Å². The Morgan fingerprint density at radius 1 is 0.753 bits per heavy atom. The molecule has 8 rings (SSSR count). The number of Topliss-reactive ketones (excluding diaryl/α,β-unsaturated/α-hetero) is 4. The van der Waals surface area contributed by atoms with E-state index in [1.807, 2.05) is 0 Å². The van der Waals surface area contributed by atoms with Crippen molar-refractivity contribution in [3.63, 3.8) is 0 Å². The summed E-state index contributed by atoms with van der Waals surface area (Å²) < 4.78 is 22.2. The Bertz CT molecular complexity index is 3810. The molecule has 2 aromatic heterocycles. The minimum atomic E-state index is -2.09. The molecule has 1 aliphatic carbocycles. The molecule has 5 heterocycles. The number of hydrogen-bond donors (Lipinski definition) is 7. The van der Waals surface area contributed by atoms with Crippen LogP contribution in [0.2, 0.25) is 0 Å². The van der Waals surface area contributed by atoms with Gasteiger partial charge in [-0.1, -0.05) is 37.3 Å². The maximum atomic E-state index is 15.5. The van der Waals surface area contributed by atoms with E-state index >= 15 is 4.39 Å². The van der Waals surface area contributed by atoms with Gasteiger partial charge in [-0.15, -0.1) is 0 Å². The maximum absolute atomic E-state index is 15.5. The number of aromatic nitrogens is 2. The number of halogens is 1. The molecule has 3 atom stereocenters. The van der Waals surface area contributed by atoms with Crippen LogP contribution in [0.25, 0.3) is 22.3 Å². The summed E-state index contributed by atoms with van der Waals surface area (Å²) in [6.45, 7) is 0.830. The molecule has 0 unspecified atom stereocenters. The lowest BCUT2D eigenvalue weighted by molar-refractivity contribution is -0.172. The van der Waals surface area contributed by atoms with E-state index in [0.29, 0.717) is 57.4 Å². The molecule has 492 valence electrons. The highest BCUT2D eigenvalue weighted by Gasteiger charge is 2.46. The van der Waals surface area contributed by atoms with Gasteiger partial charge >= 0.3 is 5.97 Å². The summed E-state index contributed by atoms with van der Waals surface area (Å²) in [7, 11) is 0. The molecule has 3 aliphatic heterocycles. The normalized spacial score (nSPS) is 16.1. The number of aliphatic hydroxyl groups is 1. The fraction of sp³-hybridized carbons (Fsp3) is 0.446. The van der Waals surface area contributed by atoms with Crippen LogP contribution in [-0.2, 0) is 103 Å². The third-order valence-electron chi connectivity index (χ3n) is 16.9. The highest BCUT2D eigenvalue weighted by atomic mass is 19.1. The van der Waals surface area contributed by atoms with E-state index in [0.717, 1.165) is 22.0 Å². The molecular weight excluding hydrogens is 1210 g/mol. The van der Waals surface area contributed by atoms with Crippen molar-refractivity contribution in [3.8, 4) is 11.4 Å². The third-order valence-corrected chi connectivity index (χ3v) is 16.9. The number of benzene rings is 2. The number of nitrogens with zero attached hydrogens (tertiary/aromatic N) is 4. The molecule has 0 bridgehead atoms. The van der Waals surface area contributed by atoms with Crippen molar-refractivity contribution in [1.82, 2.24) is 45.9 Å². The zero-order chi connectivity index (χ0) is 67.3. The number of fused-ring (bicyclic) bond motifs is 5. The van der Waals surface area contributed by atoms with E-state index < -0.39 is 114 Å². The number of imide groups is 1. The van der Waals surface area contributed by atoms with E-state index in [1.54, 1.807) is 50.2 Å². The van der Waals surface area contributed by atoms with Crippen molar-refractivity contribution in [2.75, 3.05) is 39.3 Å². The van der Waals surface area contributed by atoms with Crippen molar-refractivity contribution >= 4 is 93.2 Å². The largest absolute Gasteiger partial charge is 0.458 e. The molecule has 9 amide bonds. The van der Waals surface area contributed by atoms with Crippen LogP contribution in [0.4, 0.5) is 4.39 Å².